The Labute approximate surface area is 120 Å². The highest BCUT2D eigenvalue weighted by Gasteiger charge is 2.52. The topological polar surface area (TPSA) is 26.3 Å². The normalized spacial score (nSPS) is 17.0. The Bertz CT molecular complexity index is 558. The lowest BCUT2D eigenvalue weighted by Crippen LogP contribution is -2.21. The average Bonchev–Trinajstić information content (AvgIpc) is 3.28. The molecule has 0 bridgehead atoms. The predicted molar refractivity (Wildman–Crippen MR) is 82.4 cm³/mol. The molecule has 0 atom stereocenters. The molecule has 1 fully saturated rings. The van der Waals surface area contributed by atoms with Gasteiger partial charge in [0, 0.05) is 0 Å². The van der Waals surface area contributed by atoms with Gasteiger partial charge in [-0.05, 0) is 36.5 Å². The number of benzene rings is 1. The van der Waals surface area contributed by atoms with Gasteiger partial charge in [-0.1, -0.05) is 55.1 Å². The van der Waals surface area contributed by atoms with Crippen molar-refractivity contribution in [2.75, 3.05) is 7.11 Å². The molecule has 0 amide bonds. The Morgan fingerprint density at radius 2 is 1.95 bits per heavy atom. The lowest BCUT2D eigenvalue weighted by Gasteiger charge is -2.13. The third-order valence-electron chi connectivity index (χ3n) is 3.74. The van der Waals surface area contributed by atoms with Crippen LogP contribution in [0.4, 0.5) is 0 Å². The molecular formula is C18H20O2. The van der Waals surface area contributed by atoms with Crippen molar-refractivity contribution >= 4 is 11.5 Å². The zero-order valence-corrected chi connectivity index (χ0v) is 12.1. The molecule has 0 aliphatic heterocycles. The van der Waals surface area contributed by atoms with Crippen LogP contribution >= 0.6 is 0 Å². The first kappa shape index (κ1) is 14.3. The van der Waals surface area contributed by atoms with Crippen LogP contribution < -0.4 is 0 Å². The van der Waals surface area contributed by atoms with Crippen LogP contribution in [0.2, 0.25) is 0 Å². The highest BCUT2D eigenvalue weighted by molar-refractivity contribution is 5.87. The molecule has 0 heterocycles. The van der Waals surface area contributed by atoms with Gasteiger partial charge in [-0.25, -0.2) is 0 Å². The number of hydrogen-bond donors (Lipinski definition) is 0. The highest BCUT2D eigenvalue weighted by Crippen LogP contribution is 2.49. The third-order valence-corrected chi connectivity index (χ3v) is 3.74. The number of methoxy groups -OCH3 is 1. The van der Waals surface area contributed by atoms with E-state index in [0.717, 1.165) is 29.5 Å². The van der Waals surface area contributed by atoms with E-state index >= 15 is 0 Å². The van der Waals surface area contributed by atoms with E-state index in [2.05, 4.69) is 6.58 Å². The summed E-state index contributed by atoms with van der Waals surface area (Å²) in [7, 11) is 1.45. The van der Waals surface area contributed by atoms with E-state index in [1.54, 1.807) is 6.08 Å². The largest absolute Gasteiger partial charge is 0.468 e. The van der Waals surface area contributed by atoms with E-state index in [9.17, 15) is 4.79 Å². The average molecular weight is 268 g/mol. The number of esters is 1. The maximum absolute atomic E-state index is 11.9. The quantitative estimate of drug-likeness (QED) is 0.595. The van der Waals surface area contributed by atoms with Crippen molar-refractivity contribution in [3.8, 4) is 0 Å². The molecule has 2 heteroatoms. The van der Waals surface area contributed by atoms with E-state index in [0.29, 0.717) is 0 Å². The Hall–Kier alpha value is -2.09. The van der Waals surface area contributed by atoms with Crippen LogP contribution in [0.15, 0.2) is 55.1 Å². The number of ether oxygens (including phenoxy) is 1. The number of allylic oxidation sites excluding steroid dienone is 5. The molecule has 1 aromatic carbocycles. The minimum Gasteiger partial charge on any atom is -0.468 e. The lowest BCUT2D eigenvalue weighted by atomic mass is 9.93. The van der Waals surface area contributed by atoms with Gasteiger partial charge in [0.15, 0.2) is 0 Å². The van der Waals surface area contributed by atoms with Gasteiger partial charge in [-0.2, -0.15) is 0 Å². The van der Waals surface area contributed by atoms with E-state index in [4.69, 9.17) is 4.74 Å². The van der Waals surface area contributed by atoms with Gasteiger partial charge in [-0.15, -0.1) is 0 Å². The summed E-state index contributed by atoms with van der Waals surface area (Å²) in [6.45, 7) is 5.73. The number of hydrogen-bond acceptors (Lipinski definition) is 2. The summed E-state index contributed by atoms with van der Waals surface area (Å²) < 4.78 is 4.91. The maximum Gasteiger partial charge on any atom is 0.316 e. The Balaban J connectivity index is 2.29. The van der Waals surface area contributed by atoms with Gasteiger partial charge in [0.2, 0.25) is 0 Å². The summed E-state index contributed by atoms with van der Waals surface area (Å²) in [6, 6.07) is 8.15. The molecule has 2 rings (SSSR count). The Kier molecular flexibility index (Phi) is 4.23. The Morgan fingerprint density at radius 3 is 2.40 bits per heavy atom. The predicted octanol–water partition coefficient (Wildman–Crippen LogP) is 4.04. The minimum atomic E-state index is -0.393. The van der Waals surface area contributed by atoms with E-state index in [1.807, 2.05) is 49.4 Å². The first-order chi connectivity index (χ1) is 9.67. The van der Waals surface area contributed by atoms with E-state index in [-0.39, 0.29) is 5.97 Å². The SMILES string of the molecule is C=C/C=C(\C=C/C)c1ccc(C2(C(=O)OC)CC2)cc1. The van der Waals surface area contributed by atoms with Crippen LogP contribution in [0.25, 0.3) is 5.57 Å². The second-order valence-corrected chi connectivity index (χ2v) is 5.01. The minimum absolute atomic E-state index is 0.124. The summed E-state index contributed by atoms with van der Waals surface area (Å²) in [5, 5.41) is 0. The van der Waals surface area contributed by atoms with Gasteiger partial charge >= 0.3 is 5.97 Å². The van der Waals surface area contributed by atoms with Gasteiger partial charge in [0.05, 0.1) is 12.5 Å². The number of carbonyl (C=O) groups excluding carboxylic acids is 1. The van der Waals surface area contributed by atoms with Crippen LogP contribution in [0, 0.1) is 0 Å². The summed E-state index contributed by atoms with van der Waals surface area (Å²) in [5.74, 6) is -0.124. The fourth-order valence-corrected chi connectivity index (χ4v) is 2.47. The van der Waals surface area contributed by atoms with Crippen LogP contribution in [0.5, 0.6) is 0 Å². The van der Waals surface area contributed by atoms with Crippen LogP contribution in [0.3, 0.4) is 0 Å². The number of rotatable bonds is 5. The van der Waals surface area contributed by atoms with Crippen molar-refractivity contribution in [2.24, 2.45) is 0 Å². The summed E-state index contributed by atoms with van der Waals surface area (Å²) in [4.78, 5) is 11.9. The summed E-state index contributed by atoms with van der Waals surface area (Å²) >= 11 is 0. The molecular weight excluding hydrogens is 248 g/mol. The van der Waals surface area contributed by atoms with Gasteiger partial charge in [0.25, 0.3) is 0 Å². The van der Waals surface area contributed by atoms with Crippen molar-refractivity contribution < 1.29 is 9.53 Å². The van der Waals surface area contributed by atoms with E-state index < -0.39 is 5.41 Å². The molecule has 0 radical (unpaired) electrons. The standard InChI is InChI=1S/C18H20O2/c1-4-6-14(7-5-2)15-8-10-16(11-9-15)18(12-13-18)17(19)20-3/h4-11H,1,12-13H2,2-3H3/b7-5-,14-6+. The van der Waals surface area contributed by atoms with Crippen molar-refractivity contribution in [3.63, 3.8) is 0 Å². The zero-order chi connectivity index (χ0) is 14.6. The second-order valence-electron chi connectivity index (χ2n) is 5.01. The molecule has 2 nitrogen and oxygen atoms in total. The maximum atomic E-state index is 11.9. The molecule has 0 unspecified atom stereocenters. The molecule has 0 aromatic heterocycles. The molecule has 104 valence electrons. The molecule has 1 aliphatic carbocycles. The molecule has 1 aliphatic rings. The molecule has 1 aromatic rings. The smallest absolute Gasteiger partial charge is 0.316 e. The second kappa shape index (κ2) is 5.91. The fourth-order valence-electron chi connectivity index (χ4n) is 2.47. The lowest BCUT2D eigenvalue weighted by molar-refractivity contribution is -0.143. The van der Waals surface area contributed by atoms with Gasteiger partial charge < -0.3 is 4.74 Å². The first-order valence-corrected chi connectivity index (χ1v) is 6.82. The third kappa shape index (κ3) is 2.60. The monoisotopic (exact) mass is 268 g/mol. The van der Waals surface area contributed by atoms with Crippen LogP contribution in [-0.2, 0) is 14.9 Å². The van der Waals surface area contributed by atoms with Crippen molar-refractivity contribution in [3.05, 3.63) is 66.3 Å². The Morgan fingerprint density at radius 1 is 1.30 bits per heavy atom. The van der Waals surface area contributed by atoms with Gasteiger partial charge in [-0.3, -0.25) is 4.79 Å². The fraction of sp³-hybridized carbons (Fsp3) is 0.278. The van der Waals surface area contributed by atoms with Gasteiger partial charge in [0.1, 0.15) is 0 Å². The number of carbonyl (C=O) groups is 1. The van der Waals surface area contributed by atoms with Crippen molar-refractivity contribution in [2.45, 2.75) is 25.2 Å². The molecule has 0 spiro atoms. The first-order valence-electron chi connectivity index (χ1n) is 6.82. The highest BCUT2D eigenvalue weighted by atomic mass is 16.5. The zero-order valence-electron chi connectivity index (χ0n) is 12.1. The summed E-state index contributed by atoms with van der Waals surface area (Å²) in [5.41, 5.74) is 2.88. The molecule has 1 saturated carbocycles. The van der Waals surface area contributed by atoms with E-state index in [1.165, 1.54) is 7.11 Å². The molecule has 0 saturated heterocycles. The van der Waals surface area contributed by atoms with Crippen LogP contribution in [0.1, 0.15) is 30.9 Å². The van der Waals surface area contributed by atoms with Crippen molar-refractivity contribution in [1.82, 2.24) is 0 Å². The van der Waals surface area contributed by atoms with Crippen LogP contribution in [-0.4, -0.2) is 13.1 Å². The van der Waals surface area contributed by atoms with Crippen molar-refractivity contribution in [1.29, 1.82) is 0 Å². The molecule has 20 heavy (non-hydrogen) atoms. The molecule has 0 N–H and O–H groups in total. The summed E-state index contributed by atoms with van der Waals surface area (Å²) in [6.07, 6.45) is 9.55.